The van der Waals surface area contributed by atoms with Crippen LogP contribution >= 0.6 is 0 Å². The molecular weight excluding hydrogens is 200 g/mol. The highest BCUT2D eigenvalue weighted by Gasteiger charge is 2.44. The fourth-order valence-corrected chi connectivity index (χ4v) is 2.29. The summed E-state index contributed by atoms with van der Waals surface area (Å²) >= 11 is 0. The molecule has 0 radical (unpaired) electrons. The second kappa shape index (κ2) is 4.02. The standard InChI is InChI=1S/C13H26N2O/c1-12(2,3)10-11(16)14(7)8-9-15(10)13(4,5)6/h10H,8-9H2,1-7H3/t10-/m1/s1/i7D3. The molecule has 3 nitrogen and oxygen atoms in total. The van der Waals surface area contributed by atoms with E-state index in [9.17, 15) is 4.79 Å². The SMILES string of the molecule is [2H]C([2H])([2H])N1CCN(C(C)(C)C)[C@@H](C(C)(C)C)C1=O. The molecule has 1 aliphatic heterocycles. The molecule has 1 fully saturated rings. The van der Waals surface area contributed by atoms with Crippen LogP contribution in [-0.4, -0.2) is 47.4 Å². The molecule has 0 spiro atoms. The Bertz CT molecular complexity index is 352. The Kier molecular flexibility index (Phi) is 2.38. The van der Waals surface area contributed by atoms with Gasteiger partial charge in [0.25, 0.3) is 0 Å². The average molecular weight is 229 g/mol. The molecule has 0 aliphatic carbocycles. The van der Waals surface area contributed by atoms with E-state index >= 15 is 0 Å². The van der Waals surface area contributed by atoms with Gasteiger partial charge in [-0.25, -0.2) is 0 Å². The zero-order valence-electron chi connectivity index (χ0n) is 14.3. The summed E-state index contributed by atoms with van der Waals surface area (Å²) < 4.78 is 22.5. The van der Waals surface area contributed by atoms with E-state index < -0.39 is 13.0 Å². The van der Waals surface area contributed by atoms with Crippen LogP contribution in [0.3, 0.4) is 0 Å². The van der Waals surface area contributed by atoms with Crippen LogP contribution in [-0.2, 0) is 4.79 Å². The largest absolute Gasteiger partial charge is 0.343 e. The van der Waals surface area contributed by atoms with Crippen LogP contribution in [0, 0.1) is 5.41 Å². The predicted octanol–water partition coefficient (Wildman–Crippen LogP) is 1.97. The number of hydrogen-bond acceptors (Lipinski definition) is 2. The minimum atomic E-state index is -2.34. The third-order valence-electron chi connectivity index (χ3n) is 3.06. The lowest BCUT2D eigenvalue weighted by molar-refractivity contribution is -0.150. The second-order valence-corrected chi connectivity index (χ2v) is 6.62. The van der Waals surface area contributed by atoms with Crippen molar-refractivity contribution in [3.8, 4) is 0 Å². The maximum Gasteiger partial charge on any atom is 0.240 e. The van der Waals surface area contributed by atoms with Gasteiger partial charge in [-0.2, -0.15) is 0 Å². The average Bonchev–Trinajstić information content (AvgIpc) is 2.11. The van der Waals surface area contributed by atoms with E-state index in [1.807, 2.05) is 20.8 Å². The van der Waals surface area contributed by atoms with Gasteiger partial charge in [0.1, 0.15) is 0 Å². The molecule has 1 rings (SSSR count). The molecule has 94 valence electrons. The minimum Gasteiger partial charge on any atom is -0.343 e. The summed E-state index contributed by atoms with van der Waals surface area (Å²) in [5.74, 6) is -0.284. The summed E-state index contributed by atoms with van der Waals surface area (Å²) in [6.07, 6.45) is 0. The van der Waals surface area contributed by atoms with Gasteiger partial charge in [0.15, 0.2) is 0 Å². The van der Waals surface area contributed by atoms with Crippen molar-refractivity contribution >= 4 is 5.91 Å². The van der Waals surface area contributed by atoms with Crippen molar-refractivity contribution in [1.82, 2.24) is 9.80 Å². The van der Waals surface area contributed by atoms with Gasteiger partial charge in [0, 0.05) is 29.7 Å². The third-order valence-corrected chi connectivity index (χ3v) is 3.06. The minimum absolute atomic E-state index is 0.158. The number of piperazine rings is 1. The molecule has 0 N–H and O–H groups in total. The van der Waals surface area contributed by atoms with Crippen molar-refractivity contribution in [3.05, 3.63) is 0 Å². The fraction of sp³-hybridized carbons (Fsp3) is 0.923. The molecule has 0 saturated carbocycles. The van der Waals surface area contributed by atoms with Gasteiger partial charge in [-0.3, -0.25) is 9.69 Å². The van der Waals surface area contributed by atoms with Crippen LogP contribution in [0.2, 0.25) is 0 Å². The zero-order chi connectivity index (χ0) is 15.2. The molecule has 16 heavy (non-hydrogen) atoms. The Labute approximate surface area is 104 Å². The van der Waals surface area contributed by atoms with Crippen LogP contribution in [0.5, 0.6) is 0 Å². The molecule has 0 aromatic rings. The monoisotopic (exact) mass is 229 g/mol. The lowest BCUT2D eigenvalue weighted by Crippen LogP contribution is -2.65. The summed E-state index contributed by atoms with van der Waals surface area (Å²) in [5.41, 5.74) is -0.456. The van der Waals surface area contributed by atoms with Crippen molar-refractivity contribution in [3.63, 3.8) is 0 Å². The number of carbonyl (C=O) groups is 1. The van der Waals surface area contributed by atoms with Gasteiger partial charge >= 0.3 is 0 Å². The molecule has 1 aliphatic rings. The Morgan fingerprint density at radius 3 is 2.12 bits per heavy atom. The summed E-state index contributed by atoms with van der Waals surface area (Å²) in [6.45, 7) is 10.6. The fourth-order valence-electron chi connectivity index (χ4n) is 2.29. The van der Waals surface area contributed by atoms with Crippen molar-refractivity contribution in [2.75, 3.05) is 20.1 Å². The topological polar surface area (TPSA) is 23.6 Å². The molecule has 1 saturated heterocycles. The maximum absolute atomic E-state index is 12.6. The second-order valence-electron chi connectivity index (χ2n) is 6.62. The van der Waals surface area contributed by atoms with E-state index in [-0.39, 0.29) is 23.4 Å². The molecule has 1 amide bonds. The highest BCUT2D eigenvalue weighted by Crippen LogP contribution is 2.32. The van der Waals surface area contributed by atoms with Crippen molar-refractivity contribution in [2.24, 2.45) is 5.41 Å². The summed E-state index contributed by atoms with van der Waals surface area (Å²) in [4.78, 5) is 15.8. The van der Waals surface area contributed by atoms with Gasteiger partial charge in [0.2, 0.25) is 5.91 Å². The van der Waals surface area contributed by atoms with Gasteiger partial charge in [-0.1, -0.05) is 20.8 Å². The van der Waals surface area contributed by atoms with E-state index in [4.69, 9.17) is 4.11 Å². The number of likely N-dealkylation sites (N-methyl/N-ethyl adjacent to an activating group) is 1. The normalized spacial score (nSPS) is 28.6. The molecular formula is C13H26N2O. The Morgan fingerprint density at radius 1 is 1.19 bits per heavy atom. The number of nitrogens with zero attached hydrogens (tertiary/aromatic N) is 2. The summed E-state index contributed by atoms with van der Waals surface area (Å²) in [5, 5.41) is 0. The third kappa shape index (κ3) is 2.57. The van der Waals surface area contributed by atoms with E-state index in [1.165, 1.54) is 0 Å². The number of amides is 1. The Balaban J connectivity index is 3.16. The number of carbonyl (C=O) groups excluding carboxylic acids is 1. The van der Waals surface area contributed by atoms with Crippen molar-refractivity contribution < 1.29 is 8.91 Å². The van der Waals surface area contributed by atoms with Gasteiger partial charge in [-0.05, 0) is 26.2 Å². The maximum atomic E-state index is 12.6. The molecule has 0 aromatic carbocycles. The van der Waals surface area contributed by atoms with Crippen molar-refractivity contribution in [1.29, 1.82) is 0 Å². The smallest absolute Gasteiger partial charge is 0.240 e. The van der Waals surface area contributed by atoms with E-state index in [0.29, 0.717) is 6.54 Å². The molecule has 0 unspecified atom stereocenters. The quantitative estimate of drug-likeness (QED) is 0.634. The molecule has 1 heterocycles. The first-order chi connectivity index (χ1) is 8.26. The predicted molar refractivity (Wildman–Crippen MR) is 67.3 cm³/mol. The number of rotatable bonds is 0. The zero-order valence-corrected chi connectivity index (χ0v) is 11.3. The molecule has 0 aromatic heterocycles. The highest BCUT2D eigenvalue weighted by molar-refractivity contribution is 5.83. The first kappa shape index (κ1) is 9.46. The Morgan fingerprint density at radius 2 is 1.75 bits per heavy atom. The Hall–Kier alpha value is -0.570. The lowest BCUT2D eigenvalue weighted by atomic mass is 9.81. The van der Waals surface area contributed by atoms with Crippen LogP contribution in [0.1, 0.15) is 45.7 Å². The van der Waals surface area contributed by atoms with E-state index in [1.54, 1.807) is 0 Å². The van der Waals surface area contributed by atoms with Crippen LogP contribution in [0.15, 0.2) is 0 Å². The lowest BCUT2D eigenvalue weighted by Gasteiger charge is -2.50. The van der Waals surface area contributed by atoms with Crippen LogP contribution in [0.4, 0.5) is 0 Å². The molecule has 0 bridgehead atoms. The van der Waals surface area contributed by atoms with Gasteiger partial charge < -0.3 is 4.90 Å². The molecule has 3 heteroatoms. The highest BCUT2D eigenvalue weighted by atomic mass is 16.2. The number of hydrogen-bond donors (Lipinski definition) is 0. The van der Waals surface area contributed by atoms with Crippen LogP contribution in [0.25, 0.3) is 0 Å². The summed E-state index contributed by atoms with van der Waals surface area (Å²) in [7, 11) is 0. The van der Waals surface area contributed by atoms with E-state index in [2.05, 4.69) is 25.7 Å². The first-order valence-corrected chi connectivity index (χ1v) is 5.84. The molecule has 1 atom stereocenters. The van der Waals surface area contributed by atoms with E-state index in [0.717, 1.165) is 4.90 Å². The van der Waals surface area contributed by atoms with Crippen molar-refractivity contribution in [2.45, 2.75) is 53.1 Å². The van der Waals surface area contributed by atoms with Crippen LogP contribution < -0.4 is 0 Å². The van der Waals surface area contributed by atoms with Gasteiger partial charge in [0.05, 0.1) is 6.04 Å². The first-order valence-electron chi connectivity index (χ1n) is 7.34. The summed E-state index contributed by atoms with van der Waals surface area (Å²) in [6, 6.07) is -0.401. The van der Waals surface area contributed by atoms with Gasteiger partial charge in [-0.15, -0.1) is 0 Å².